The third-order valence-electron chi connectivity index (χ3n) is 4.69. The lowest BCUT2D eigenvalue weighted by molar-refractivity contribution is 0.101. The lowest BCUT2D eigenvalue weighted by Gasteiger charge is -2.29. The van der Waals surface area contributed by atoms with E-state index in [0.717, 1.165) is 37.6 Å². The standard InChI is InChI=1S/C20H24N2O4S/c1-16(23)18-5-9-20(10-6-18)27(24,25)21(2)15-17-3-7-19(8-4-17)22-11-13-26-14-12-22/h3-10H,11-15H2,1-2H3. The summed E-state index contributed by atoms with van der Waals surface area (Å²) in [6.45, 7) is 4.92. The topological polar surface area (TPSA) is 66.9 Å². The number of ether oxygens (including phenoxy) is 1. The Balaban J connectivity index is 1.69. The van der Waals surface area contributed by atoms with Crippen LogP contribution in [0.4, 0.5) is 5.69 Å². The summed E-state index contributed by atoms with van der Waals surface area (Å²) < 4.78 is 32.2. The number of rotatable bonds is 6. The summed E-state index contributed by atoms with van der Waals surface area (Å²) in [6.07, 6.45) is 0. The molecule has 1 fully saturated rings. The van der Waals surface area contributed by atoms with Crippen LogP contribution in [0.25, 0.3) is 0 Å². The van der Waals surface area contributed by atoms with Crippen LogP contribution in [0.3, 0.4) is 0 Å². The minimum atomic E-state index is -3.62. The first-order valence-corrected chi connectivity index (χ1v) is 10.3. The first-order chi connectivity index (χ1) is 12.9. The van der Waals surface area contributed by atoms with Gasteiger partial charge in [0.2, 0.25) is 10.0 Å². The van der Waals surface area contributed by atoms with Crippen LogP contribution in [0, 0.1) is 0 Å². The predicted molar refractivity (Wildman–Crippen MR) is 105 cm³/mol. The first kappa shape index (κ1) is 19.5. The maximum atomic E-state index is 12.8. The predicted octanol–water partition coefficient (Wildman–Crippen LogP) is 2.55. The van der Waals surface area contributed by atoms with Crippen LogP contribution in [-0.2, 0) is 21.3 Å². The summed E-state index contributed by atoms with van der Waals surface area (Å²) in [6, 6.07) is 14.0. The molecule has 0 atom stereocenters. The van der Waals surface area contributed by atoms with Crippen LogP contribution >= 0.6 is 0 Å². The van der Waals surface area contributed by atoms with Gasteiger partial charge >= 0.3 is 0 Å². The highest BCUT2D eigenvalue weighted by Gasteiger charge is 2.21. The van der Waals surface area contributed by atoms with Crippen molar-refractivity contribution in [2.75, 3.05) is 38.3 Å². The van der Waals surface area contributed by atoms with Crippen LogP contribution in [-0.4, -0.2) is 51.9 Å². The number of carbonyl (C=O) groups is 1. The second kappa shape index (κ2) is 8.21. The Morgan fingerprint density at radius 3 is 2.19 bits per heavy atom. The lowest BCUT2D eigenvalue weighted by atomic mass is 10.2. The SMILES string of the molecule is CC(=O)c1ccc(S(=O)(=O)N(C)Cc2ccc(N3CCOCC3)cc2)cc1. The van der Waals surface area contributed by atoms with E-state index in [1.54, 1.807) is 19.2 Å². The second-order valence-corrected chi connectivity index (χ2v) is 8.65. The van der Waals surface area contributed by atoms with Crippen molar-refractivity contribution in [3.05, 3.63) is 59.7 Å². The molecule has 0 spiro atoms. The zero-order valence-corrected chi connectivity index (χ0v) is 16.4. The fraction of sp³-hybridized carbons (Fsp3) is 0.350. The molecule has 0 amide bonds. The van der Waals surface area contributed by atoms with E-state index in [2.05, 4.69) is 4.90 Å². The number of nitrogens with zero attached hydrogens (tertiary/aromatic N) is 2. The molecule has 0 bridgehead atoms. The fourth-order valence-electron chi connectivity index (χ4n) is 3.02. The Hall–Kier alpha value is -2.22. The van der Waals surface area contributed by atoms with Gasteiger partial charge in [-0.2, -0.15) is 4.31 Å². The molecule has 0 N–H and O–H groups in total. The number of benzene rings is 2. The average molecular weight is 388 g/mol. The molecular formula is C20H24N2O4S. The summed E-state index contributed by atoms with van der Waals surface area (Å²) in [5.74, 6) is -0.0901. The van der Waals surface area contributed by atoms with Gasteiger partial charge < -0.3 is 9.64 Å². The van der Waals surface area contributed by atoms with Crippen molar-refractivity contribution < 1.29 is 17.9 Å². The number of anilines is 1. The quantitative estimate of drug-likeness (QED) is 0.712. The Kier molecular flexibility index (Phi) is 5.94. The van der Waals surface area contributed by atoms with Crippen molar-refractivity contribution >= 4 is 21.5 Å². The molecule has 0 unspecified atom stereocenters. The van der Waals surface area contributed by atoms with E-state index in [1.165, 1.54) is 23.4 Å². The Morgan fingerprint density at radius 2 is 1.63 bits per heavy atom. The maximum absolute atomic E-state index is 12.8. The van der Waals surface area contributed by atoms with E-state index >= 15 is 0 Å². The van der Waals surface area contributed by atoms with E-state index in [1.807, 2.05) is 24.3 Å². The van der Waals surface area contributed by atoms with Crippen molar-refractivity contribution in [2.24, 2.45) is 0 Å². The molecule has 0 aromatic heterocycles. The maximum Gasteiger partial charge on any atom is 0.243 e. The molecule has 0 saturated carbocycles. The molecule has 2 aromatic carbocycles. The summed E-state index contributed by atoms with van der Waals surface area (Å²) in [4.78, 5) is 13.8. The lowest BCUT2D eigenvalue weighted by Crippen LogP contribution is -2.36. The van der Waals surface area contributed by atoms with Crippen LogP contribution < -0.4 is 4.90 Å². The third kappa shape index (κ3) is 4.55. The van der Waals surface area contributed by atoms with E-state index in [4.69, 9.17) is 4.74 Å². The molecule has 2 aromatic rings. The van der Waals surface area contributed by atoms with Gasteiger partial charge in [0.1, 0.15) is 0 Å². The highest BCUT2D eigenvalue weighted by Crippen LogP contribution is 2.20. The zero-order valence-electron chi connectivity index (χ0n) is 15.6. The highest BCUT2D eigenvalue weighted by molar-refractivity contribution is 7.89. The van der Waals surface area contributed by atoms with E-state index in [0.29, 0.717) is 5.56 Å². The van der Waals surface area contributed by atoms with Gasteiger partial charge in [0.15, 0.2) is 5.78 Å². The van der Waals surface area contributed by atoms with Gasteiger partial charge in [0, 0.05) is 37.9 Å². The van der Waals surface area contributed by atoms with Crippen LogP contribution in [0.2, 0.25) is 0 Å². The number of morpholine rings is 1. The monoisotopic (exact) mass is 388 g/mol. The average Bonchev–Trinajstić information content (AvgIpc) is 2.69. The van der Waals surface area contributed by atoms with Gasteiger partial charge in [-0.15, -0.1) is 0 Å². The molecule has 1 aliphatic rings. The van der Waals surface area contributed by atoms with Crippen molar-refractivity contribution in [3.8, 4) is 0 Å². The van der Waals surface area contributed by atoms with Gasteiger partial charge in [0.05, 0.1) is 18.1 Å². The number of ketones is 1. The number of Topliss-reactive ketones (excluding diaryl/α,β-unsaturated/α-hetero) is 1. The summed E-state index contributed by atoms with van der Waals surface area (Å²) in [5.41, 5.74) is 2.53. The molecule has 3 rings (SSSR count). The molecule has 7 heteroatoms. The number of sulfonamides is 1. The molecular weight excluding hydrogens is 364 g/mol. The molecule has 6 nitrogen and oxygen atoms in total. The van der Waals surface area contributed by atoms with Crippen LogP contribution in [0.1, 0.15) is 22.8 Å². The summed E-state index contributed by atoms with van der Waals surface area (Å²) in [7, 11) is -2.06. The molecule has 1 aliphatic heterocycles. The molecule has 144 valence electrons. The number of carbonyl (C=O) groups excluding carboxylic acids is 1. The smallest absolute Gasteiger partial charge is 0.243 e. The normalized spacial score (nSPS) is 15.1. The largest absolute Gasteiger partial charge is 0.378 e. The van der Waals surface area contributed by atoms with Crippen LogP contribution in [0.15, 0.2) is 53.4 Å². The summed E-state index contributed by atoms with van der Waals surface area (Å²) >= 11 is 0. The molecule has 1 saturated heterocycles. The number of hydrogen-bond acceptors (Lipinski definition) is 5. The van der Waals surface area contributed by atoms with Gasteiger partial charge in [-0.05, 0) is 36.8 Å². The third-order valence-corrected chi connectivity index (χ3v) is 6.50. The minimum Gasteiger partial charge on any atom is -0.378 e. The van der Waals surface area contributed by atoms with Crippen molar-refractivity contribution in [3.63, 3.8) is 0 Å². The van der Waals surface area contributed by atoms with Crippen molar-refractivity contribution in [1.82, 2.24) is 4.31 Å². The zero-order chi connectivity index (χ0) is 19.4. The molecule has 27 heavy (non-hydrogen) atoms. The van der Waals surface area contributed by atoms with Gasteiger partial charge in [-0.3, -0.25) is 4.79 Å². The van der Waals surface area contributed by atoms with E-state index < -0.39 is 10.0 Å². The van der Waals surface area contributed by atoms with Crippen molar-refractivity contribution in [2.45, 2.75) is 18.4 Å². The minimum absolute atomic E-state index is 0.0901. The van der Waals surface area contributed by atoms with Gasteiger partial charge in [-0.25, -0.2) is 8.42 Å². The second-order valence-electron chi connectivity index (χ2n) is 6.61. The van der Waals surface area contributed by atoms with Crippen molar-refractivity contribution in [1.29, 1.82) is 0 Å². The van der Waals surface area contributed by atoms with Crippen LogP contribution in [0.5, 0.6) is 0 Å². The van der Waals surface area contributed by atoms with E-state index in [-0.39, 0.29) is 17.2 Å². The molecule has 1 heterocycles. The van der Waals surface area contributed by atoms with E-state index in [9.17, 15) is 13.2 Å². The summed E-state index contributed by atoms with van der Waals surface area (Å²) in [5, 5.41) is 0. The van der Waals surface area contributed by atoms with Gasteiger partial charge in [-0.1, -0.05) is 24.3 Å². The molecule has 0 radical (unpaired) electrons. The fourth-order valence-corrected chi connectivity index (χ4v) is 4.18. The Labute approximate surface area is 160 Å². The number of hydrogen-bond donors (Lipinski definition) is 0. The first-order valence-electron chi connectivity index (χ1n) is 8.87. The highest BCUT2D eigenvalue weighted by atomic mass is 32.2. The Morgan fingerprint density at radius 1 is 1.04 bits per heavy atom. The molecule has 0 aliphatic carbocycles. The Bertz CT molecular complexity index is 887. The van der Waals surface area contributed by atoms with Gasteiger partial charge in [0.25, 0.3) is 0 Å².